The maximum Gasteiger partial charge on any atom is 0.246 e. The Hall–Kier alpha value is -1.98. The maximum atomic E-state index is 13.2. The zero-order chi connectivity index (χ0) is 15.4. The van der Waals surface area contributed by atoms with Crippen molar-refractivity contribution in [1.82, 2.24) is 15.2 Å². The Morgan fingerprint density at radius 2 is 2.10 bits per heavy atom. The van der Waals surface area contributed by atoms with Crippen molar-refractivity contribution < 1.29 is 14.0 Å². The van der Waals surface area contributed by atoms with Gasteiger partial charge in [-0.05, 0) is 24.5 Å². The van der Waals surface area contributed by atoms with E-state index >= 15 is 0 Å². The van der Waals surface area contributed by atoms with Gasteiger partial charge in [-0.25, -0.2) is 4.39 Å². The number of nitrogens with zero attached hydrogens (tertiary/aromatic N) is 2. The summed E-state index contributed by atoms with van der Waals surface area (Å²) in [6, 6.07) is 0.356. The van der Waals surface area contributed by atoms with E-state index in [2.05, 4.69) is 10.3 Å². The number of hydrogen-bond acceptors (Lipinski definition) is 3. The second kappa shape index (κ2) is 6.65. The van der Waals surface area contributed by atoms with Gasteiger partial charge in [-0.15, -0.1) is 0 Å². The fourth-order valence-electron chi connectivity index (χ4n) is 2.64. The smallest absolute Gasteiger partial charge is 0.246 e. The first-order valence-electron chi connectivity index (χ1n) is 7.27. The van der Waals surface area contributed by atoms with E-state index < -0.39 is 17.9 Å². The largest absolute Gasteiger partial charge is 0.343 e. The molecule has 2 heterocycles. The van der Waals surface area contributed by atoms with E-state index in [-0.39, 0.29) is 18.4 Å². The van der Waals surface area contributed by atoms with Crippen molar-refractivity contribution in [3.8, 4) is 0 Å². The van der Waals surface area contributed by atoms with Gasteiger partial charge in [0.15, 0.2) is 0 Å². The van der Waals surface area contributed by atoms with Crippen molar-refractivity contribution >= 4 is 11.8 Å². The fourth-order valence-corrected chi connectivity index (χ4v) is 2.64. The molecule has 0 spiro atoms. The molecule has 0 bridgehead atoms. The number of nitrogens with one attached hydrogen (secondary N) is 1. The second-order valence-electron chi connectivity index (χ2n) is 5.25. The number of carbonyl (C=O) groups is 2. The van der Waals surface area contributed by atoms with Gasteiger partial charge < -0.3 is 10.2 Å². The highest BCUT2D eigenvalue weighted by Crippen LogP contribution is 2.19. The van der Waals surface area contributed by atoms with Gasteiger partial charge in [0, 0.05) is 12.7 Å². The van der Waals surface area contributed by atoms with Gasteiger partial charge in [-0.3, -0.25) is 14.6 Å². The maximum absolute atomic E-state index is 13.2. The van der Waals surface area contributed by atoms with Crippen molar-refractivity contribution in [1.29, 1.82) is 0 Å². The third kappa shape index (κ3) is 3.37. The molecular formula is C15H20FN3O2. The van der Waals surface area contributed by atoms with E-state index in [4.69, 9.17) is 0 Å². The molecule has 1 fully saturated rings. The highest BCUT2D eigenvalue weighted by Gasteiger charge is 2.38. The molecular weight excluding hydrogens is 273 g/mol. The van der Waals surface area contributed by atoms with Crippen molar-refractivity contribution in [2.24, 2.45) is 0 Å². The van der Waals surface area contributed by atoms with Gasteiger partial charge in [-0.2, -0.15) is 0 Å². The lowest BCUT2D eigenvalue weighted by Gasteiger charge is -2.38. The molecule has 1 saturated heterocycles. The summed E-state index contributed by atoms with van der Waals surface area (Å²) in [5, 5.41) is 2.78. The summed E-state index contributed by atoms with van der Waals surface area (Å²) in [6.45, 7) is 4.02. The summed E-state index contributed by atoms with van der Waals surface area (Å²) >= 11 is 0. The van der Waals surface area contributed by atoms with E-state index in [1.165, 1.54) is 17.2 Å². The Balaban J connectivity index is 2.23. The van der Waals surface area contributed by atoms with Crippen LogP contribution in [-0.4, -0.2) is 33.8 Å². The molecule has 0 radical (unpaired) electrons. The monoisotopic (exact) mass is 293 g/mol. The van der Waals surface area contributed by atoms with Crippen LogP contribution in [0.2, 0.25) is 0 Å². The van der Waals surface area contributed by atoms with Crippen LogP contribution >= 0.6 is 0 Å². The number of rotatable bonds is 5. The quantitative estimate of drug-likeness (QED) is 0.897. The number of halogens is 1. The van der Waals surface area contributed by atoms with Crippen LogP contribution in [0, 0.1) is 5.82 Å². The molecule has 0 aromatic carbocycles. The van der Waals surface area contributed by atoms with Crippen LogP contribution in [-0.2, 0) is 16.1 Å². The summed E-state index contributed by atoms with van der Waals surface area (Å²) in [4.78, 5) is 30.0. The lowest BCUT2D eigenvalue weighted by atomic mass is 10.0. The van der Waals surface area contributed by atoms with Crippen LogP contribution in [0.15, 0.2) is 18.5 Å². The number of amides is 2. The topological polar surface area (TPSA) is 62.3 Å². The molecule has 2 unspecified atom stereocenters. The Labute approximate surface area is 123 Å². The Morgan fingerprint density at radius 3 is 2.71 bits per heavy atom. The molecule has 1 aliphatic rings. The Morgan fingerprint density at radius 1 is 1.33 bits per heavy atom. The van der Waals surface area contributed by atoms with Gasteiger partial charge in [0.05, 0.1) is 6.20 Å². The van der Waals surface area contributed by atoms with Gasteiger partial charge in [0.25, 0.3) is 0 Å². The Kier molecular flexibility index (Phi) is 4.88. The molecule has 2 atom stereocenters. The predicted octanol–water partition coefficient (Wildman–Crippen LogP) is 1.63. The molecule has 0 aliphatic carbocycles. The van der Waals surface area contributed by atoms with Gasteiger partial charge in [0.1, 0.15) is 17.9 Å². The van der Waals surface area contributed by atoms with Gasteiger partial charge in [0.2, 0.25) is 11.8 Å². The van der Waals surface area contributed by atoms with Crippen LogP contribution in [0.5, 0.6) is 0 Å². The Bertz CT molecular complexity index is 535. The van der Waals surface area contributed by atoms with E-state index in [0.29, 0.717) is 18.4 Å². The number of hydrogen-bond donors (Lipinski definition) is 1. The normalized spacial score (nSPS) is 22.3. The second-order valence-corrected chi connectivity index (χ2v) is 5.25. The molecule has 5 nitrogen and oxygen atoms in total. The first kappa shape index (κ1) is 15.4. The van der Waals surface area contributed by atoms with Crippen molar-refractivity contribution in [2.75, 3.05) is 0 Å². The first-order valence-corrected chi connectivity index (χ1v) is 7.27. The number of pyridine rings is 1. The van der Waals surface area contributed by atoms with Crippen LogP contribution in [0.4, 0.5) is 4.39 Å². The highest BCUT2D eigenvalue weighted by atomic mass is 19.1. The third-order valence-electron chi connectivity index (χ3n) is 3.66. The fraction of sp³-hybridized carbons (Fsp3) is 0.533. The lowest BCUT2D eigenvalue weighted by Crippen LogP contribution is -2.62. The minimum atomic E-state index is -0.506. The van der Waals surface area contributed by atoms with E-state index in [9.17, 15) is 14.0 Å². The number of carbonyl (C=O) groups excluding carboxylic acids is 2. The summed E-state index contributed by atoms with van der Waals surface area (Å²) in [5.74, 6) is -0.688. The predicted molar refractivity (Wildman–Crippen MR) is 75.7 cm³/mol. The molecule has 114 valence electrons. The molecule has 6 heteroatoms. The summed E-state index contributed by atoms with van der Waals surface area (Å²) < 4.78 is 13.2. The van der Waals surface area contributed by atoms with Crippen molar-refractivity contribution in [3.63, 3.8) is 0 Å². The highest BCUT2D eigenvalue weighted by molar-refractivity contribution is 5.96. The first-order chi connectivity index (χ1) is 10.1. The van der Waals surface area contributed by atoms with Crippen molar-refractivity contribution in [2.45, 2.75) is 51.7 Å². The minimum absolute atomic E-state index is 0.104. The van der Waals surface area contributed by atoms with E-state index in [1.807, 2.05) is 13.8 Å². The molecule has 2 rings (SSSR count). The van der Waals surface area contributed by atoms with Gasteiger partial charge in [-0.1, -0.05) is 20.3 Å². The standard InChI is InChI=1S/C15H20FN3O2/c1-3-5-12-15(21)19(13(4-2)14(20)18-12)9-10-6-11(16)8-17-7-10/h6-8,12-13H,3-5,9H2,1-2H3,(H,18,20). The van der Waals surface area contributed by atoms with Gasteiger partial charge >= 0.3 is 0 Å². The lowest BCUT2D eigenvalue weighted by molar-refractivity contribution is -0.150. The molecule has 21 heavy (non-hydrogen) atoms. The number of aromatic nitrogens is 1. The molecule has 1 N–H and O–H groups in total. The average molecular weight is 293 g/mol. The third-order valence-corrected chi connectivity index (χ3v) is 3.66. The summed E-state index contributed by atoms with van der Waals surface area (Å²) in [5.41, 5.74) is 0.590. The van der Waals surface area contributed by atoms with Crippen molar-refractivity contribution in [3.05, 3.63) is 29.8 Å². The van der Waals surface area contributed by atoms with Crippen LogP contribution in [0.3, 0.4) is 0 Å². The molecule has 1 aromatic rings. The zero-order valence-electron chi connectivity index (χ0n) is 12.3. The van der Waals surface area contributed by atoms with Crippen LogP contribution in [0.25, 0.3) is 0 Å². The zero-order valence-corrected chi connectivity index (χ0v) is 12.3. The van der Waals surface area contributed by atoms with Crippen LogP contribution in [0.1, 0.15) is 38.7 Å². The molecule has 2 amide bonds. The molecule has 0 saturated carbocycles. The van der Waals surface area contributed by atoms with E-state index in [1.54, 1.807) is 0 Å². The average Bonchev–Trinajstić information content (AvgIpc) is 2.45. The SMILES string of the molecule is CCCC1NC(=O)C(CC)N(Cc2cncc(F)c2)C1=O. The van der Waals surface area contributed by atoms with E-state index in [0.717, 1.165) is 12.6 Å². The minimum Gasteiger partial charge on any atom is -0.343 e. The van der Waals surface area contributed by atoms with Crippen LogP contribution < -0.4 is 5.32 Å². The molecule has 1 aromatic heterocycles. The number of piperazine rings is 1. The summed E-state index contributed by atoms with van der Waals surface area (Å²) in [6.07, 6.45) is 4.58. The molecule has 1 aliphatic heterocycles. The summed E-state index contributed by atoms with van der Waals surface area (Å²) in [7, 11) is 0.